The zero-order valence-corrected chi connectivity index (χ0v) is 5.51. The number of nitrogens with two attached hydrogens (primary N) is 1. The van der Waals surface area contributed by atoms with Crippen molar-refractivity contribution in [2.75, 3.05) is 13.1 Å². The summed E-state index contributed by atoms with van der Waals surface area (Å²) in [5.74, 6) is 5.59. The summed E-state index contributed by atoms with van der Waals surface area (Å²) >= 11 is 0. The second kappa shape index (κ2) is 2.96. The van der Waals surface area contributed by atoms with Crippen molar-refractivity contribution >= 4 is 0 Å². The van der Waals surface area contributed by atoms with Crippen molar-refractivity contribution < 1.29 is 0 Å². The topological polar surface area (TPSA) is 41.3 Å². The Bertz CT molecular complexity index is 102. The van der Waals surface area contributed by atoms with Crippen LogP contribution in [0.25, 0.3) is 0 Å². The molecule has 0 aromatic heterocycles. The summed E-state index contributed by atoms with van der Waals surface area (Å²) in [6.07, 6.45) is 3.13. The van der Waals surface area contributed by atoms with E-state index < -0.39 is 0 Å². The quantitative estimate of drug-likeness (QED) is 0.394. The third kappa shape index (κ3) is 1.51. The van der Waals surface area contributed by atoms with Crippen LogP contribution in [0.15, 0.2) is 12.7 Å². The standard InChI is InChI=1S/C6H13N3/c1-2-3-6-8-4-5-9(6)7/h2,6,8H,1,3-5,7H2. The van der Waals surface area contributed by atoms with Crippen LogP contribution in [0.1, 0.15) is 6.42 Å². The van der Waals surface area contributed by atoms with Gasteiger partial charge in [0.2, 0.25) is 0 Å². The molecule has 0 aromatic rings. The van der Waals surface area contributed by atoms with E-state index in [1.165, 1.54) is 0 Å². The van der Waals surface area contributed by atoms with Crippen LogP contribution >= 0.6 is 0 Å². The number of hydrogen-bond acceptors (Lipinski definition) is 3. The minimum absolute atomic E-state index is 0.322. The van der Waals surface area contributed by atoms with Crippen LogP contribution in [0, 0.1) is 0 Å². The van der Waals surface area contributed by atoms with Crippen LogP contribution in [0.5, 0.6) is 0 Å². The van der Waals surface area contributed by atoms with Crippen LogP contribution < -0.4 is 11.2 Å². The van der Waals surface area contributed by atoms with Crippen LogP contribution in [-0.4, -0.2) is 24.3 Å². The molecule has 0 saturated carbocycles. The van der Waals surface area contributed by atoms with Crippen molar-refractivity contribution in [1.82, 2.24) is 10.3 Å². The van der Waals surface area contributed by atoms with Gasteiger partial charge in [0.05, 0.1) is 6.17 Å². The Kier molecular flexibility index (Phi) is 2.22. The molecule has 3 heteroatoms. The predicted octanol–water partition coefficient (Wildman–Crippen LogP) is -0.332. The van der Waals surface area contributed by atoms with Crippen LogP contribution in [0.2, 0.25) is 0 Å². The number of nitrogens with zero attached hydrogens (tertiary/aromatic N) is 1. The van der Waals surface area contributed by atoms with E-state index in [-0.39, 0.29) is 0 Å². The molecule has 1 heterocycles. The molecule has 3 N–H and O–H groups in total. The molecule has 1 aliphatic heterocycles. The average Bonchev–Trinajstić information content (AvgIpc) is 2.18. The van der Waals surface area contributed by atoms with Crippen molar-refractivity contribution in [3.8, 4) is 0 Å². The minimum Gasteiger partial charge on any atom is -0.299 e. The zero-order valence-electron chi connectivity index (χ0n) is 5.51. The van der Waals surface area contributed by atoms with Crippen LogP contribution in [0.3, 0.4) is 0 Å². The fourth-order valence-corrected chi connectivity index (χ4v) is 1.01. The van der Waals surface area contributed by atoms with Crippen molar-refractivity contribution in [2.45, 2.75) is 12.6 Å². The Morgan fingerprint density at radius 2 is 2.67 bits per heavy atom. The van der Waals surface area contributed by atoms with E-state index in [1.54, 1.807) is 0 Å². The van der Waals surface area contributed by atoms with E-state index in [9.17, 15) is 0 Å². The molecule has 0 aliphatic carbocycles. The van der Waals surface area contributed by atoms with E-state index >= 15 is 0 Å². The lowest BCUT2D eigenvalue weighted by Crippen LogP contribution is -2.39. The molecule has 52 valence electrons. The SMILES string of the molecule is C=CCC1NCCN1N. The van der Waals surface area contributed by atoms with Gasteiger partial charge in [0.15, 0.2) is 0 Å². The summed E-state index contributed by atoms with van der Waals surface area (Å²) < 4.78 is 0. The smallest absolute Gasteiger partial charge is 0.0766 e. The Morgan fingerprint density at radius 3 is 3.11 bits per heavy atom. The lowest BCUT2D eigenvalue weighted by molar-refractivity contribution is 0.250. The van der Waals surface area contributed by atoms with E-state index in [1.807, 2.05) is 11.1 Å². The second-order valence-electron chi connectivity index (χ2n) is 2.23. The maximum absolute atomic E-state index is 5.59. The van der Waals surface area contributed by atoms with Crippen molar-refractivity contribution in [1.29, 1.82) is 0 Å². The van der Waals surface area contributed by atoms with Gasteiger partial charge in [-0.25, -0.2) is 5.01 Å². The van der Waals surface area contributed by atoms with Gasteiger partial charge in [-0.05, 0) is 6.42 Å². The monoisotopic (exact) mass is 127 g/mol. The summed E-state index contributed by atoms with van der Waals surface area (Å²) in [7, 11) is 0. The summed E-state index contributed by atoms with van der Waals surface area (Å²) in [6, 6.07) is 0. The zero-order chi connectivity index (χ0) is 6.69. The lowest BCUT2D eigenvalue weighted by Gasteiger charge is -2.15. The van der Waals surface area contributed by atoms with Crippen LogP contribution in [0.4, 0.5) is 0 Å². The molecule has 0 aromatic carbocycles. The maximum atomic E-state index is 5.59. The molecule has 9 heavy (non-hydrogen) atoms. The highest BCUT2D eigenvalue weighted by atomic mass is 15.5. The summed E-state index contributed by atoms with van der Waals surface area (Å²) in [6.45, 7) is 5.57. The Labute approximate surface area is 55.5 Å². The first-order valence-corrected chi connectivity index (χ1v) is 3.20. The van der Waals surface area contributed by atoms with E-state index in [2.05, 4.69) is 11.9 Å². The summed E-state index contributed by atoms with van der Waals surface area (Å²) in [4.78, 5) is 0. The third-order valence-electron chi connectivity index (χ3n) is 1.54. The molecular weight excluding hydrogens is 114 g/mol. The highest BCUT2D eigenvalue weighted by Gasteiger charge is 2.18. The second-order valence-corrected chi connectivity index (χ2v) is 2.23. The molecule has 1 saturated heterocycles. The third-order valence-corrected chi connectivity index (χ3v) is 1.54. The molecule has 1 fully saturated rings. The number of hydrazine groups is 1. The van der Waals surface area contributed by atoms with Crippen LogP contribution in [-0.2, 0) is 0 Å². The van der Waals surface area contributed by atoms with Gasteiger partial charge in [-0.15, -0.1) is 6.58 Å². The van der Waals surface area contributed by atoms with E-state index in [0.717, 1.165) is 19.5 Å². The highest BCUT2D eigenvalue weighted by molar-refractivity contribution is 4.80. The lowest BCUT2D eigenvalue weighted by atomic mass is 10.3. The first kappa shape index (κ1) is 6.74. The fourth-order valence-electron chi connectivity index (χ4n) is 1.01. The van der Waals surface area contributed by atoms with Gasteiger partial charge in [-0.3, -0.25) is 11.2 Å². The van der Waals surface area contributed by atoms with Crippen molar-refractivity contribution in [3.05, 3.63) is 12.7 Å². The summed E-state index contributed by atoms with van der Waals surface area (Å²) in [5, 5.41) is 5.04. The molecule has 0 amide bonds. The maximum Gasteiger partial charge on any atom is 0.0766 e. The summed E-state index contributed by atoms with van der Waals surface area (Å²) in [5.41, 5.74) is 0. The van der Waals surface area contributed by atoms with Crippen molar-refractivity contribution in [3.63, 3.8) is 0 Å². The molecule has 0 bridgehead atoms. The molecule has 0 radical (unpaired) electrons. The molecule has 3 nitrogen and oxygen atoms in total. The molecule has 1 unspecified atom stereocenters. The molecule has 0 spiro atoms. The number of nitrogens with one attached hydrogen (secondary N) is 1. The van der Waals surface area contributed by atoms with Gasteiger partial charge in [0.25, 0.3) is 0 Å². The molecular formula is C6H13N3. The first-order chi connectivity index (χ1) is 4.34. The van der Waals surface area contributed by atoms with Gasteiger partial charge in [0, 0.05) is 13.1 Å². The Balaban J connectivity index is 2.30. The minimum atomic E-state index is 0.322. The van der Waals surface area contributed by atoms with Gasteiger partial charge < -0.3 is 0 Å². The number of hydrogen-bond donors (Lipinski definition) is 2. The molecule has 1 atom stereocenters. The normalized spacial score (nSPS) is 28.8. The van der Waals surface area contributed by atoms with E-state index in [4.69, 9.17) is 5.84 Å². The average molecular weight is 127 g/mol. The van der Waals surface area contributed by atoms with Gasteiger partial charge in [-0.1, -0.05) is 6.08 Å². The van der Waals surface area contributed by atoms with Gasteiger partial charge in [0.1, 0.15) is 0 Å². The molecule has 1 aliphatic rings. The Morgan fingerprint density at radius 1 is 1.89 bits per heavy atom. The van der Waals surface area contributed by atoms with Gasteiger partial charge in [-0.2, -0.15) is 0 Å². The Hall–Kier alpha value is -0.380. The highest BCUT2D eigenvalue weighted by Crippen LogP contribution is 2.00. The van der Waals surface area contributed by atoms with Crippen molar-refractivity contribution in [2.24, 2.45) is 5.84 Å². The first-order valence-electron chi connectivity index (χ1n) is 3.20. The largest absolute Gasteiger partial charge is 0.299 e. The predicted molar refractivity (Wildman–Crippen MR) is 37.5 cm³/mol. The molecule has 1 rings (SSSR count). The fraction of sp³-hybridized carbons (Fsp3) is 0.667. The van der Waals surface area contributed by atoms with E-state index in [0.29, 0.717) is 6.17 Å². The number of rotatable bonds is 2. The van der Waals surface area contributed by atoms with Gasteiger partial charge >= 0.3 is 0 Å².